The van der Waals surface area contributed by atoms with Crippen molar-refractivity contribution < 1.29 is 5.11 Å². The van der Waals surface area contributed by atoms with Gasteiger partial charge >= 0.3 is 0 Å². The Morgan fingerprint density at radius 1 is 1.41 bits per heavy atom. The van der Waals surface area contributed by atoms with E-state index in [9.17, 15) is 5.11 Å². The minimum Gasteiger partial charge on any atom is -0.387 e. The van der Waals surface area contributed by atoms with Crippen molar-refractivity contribution in [2.45, 2.75) is 39.5 Å². The van der Waals surface area contributed by atoms with Gasteiger partial charge in [0.1, 0.15) is 24.4 Å². The molecule has 1 unspecified atom stereocenters. The molecule has 2 aromatic rings. The van der Waals surface area contributed by atoms with Gasteiger partial charge in [0.2, 0.25) is 0 Å². The van der Waals surface area contributed by atoms with Crippen LogP contribution in [0.2, 0.25) is 0 Å². The molecule has 17 heavy (non-hydrogen) atoms. The van der Waals surface area contributed by atoms with Crippen LogP contribution in [-0.2, 0) is 13.1 Å². The predicted molar refractivity (Wildman–Crippen MR) is 60.1 cm³/mol. The van der Waals surface area contributed by atoms with Crippen molar-refractivity contribution in [2.75, 3.05) is 0 Å². The van der Waals surface area contributed by atoms with Crippen molar-refractivity contribution in [2.24, 2.45) is 0 Å². The van der Waals surface area contributed by atoms with E-state index in [0.29, 0.717) is 18.7 Å². The Morgan fingerprint density at radius 3 is 2.94 bits per heavy atom. The average molecular weight is 236 g/mol. The molecule has 2 heterocycles. The number of hydrogen-bond donors (Lipinski definition) is 1. The van der Waals surface area contributed by atoms with Crippen LogP contribution in [0.15, 0.2) is 12.5 Å². The van der Waals surface area contributed by atoms with E-state index in [2.05, 4.69) is 20.4 Å². The Bertz CT molecular complexity index is 477. The maximum absolute atomic E-state index is 9.62. The van der Waals surface area contributed by atoms with Crippen LogP contribution in [0, 0.1) is 0 Å². The molecule has 7 heteroatoms. The van der Waals surface area contributed by atoms with Gasteiger partial charge in [0, 0.05) is 6.54 Å². The van der Waals surface area contributed by atoms with E-state index in [1.165, 1.54) is 6.33 Å². The van der Waals surface area contributed by atoms with Gasteiger partial charge in [-0.3, -0.25) is 0 Å². The van der Waals surface area contributed by atoms with Gasteiger partial charge < -0.3 is 5.11 Å². The van der Waals surface area contributed by atoms with Crippen LogP contribution in [0.25, 0.3) is 0 Å². The van der Waals surface area contributed by atoms with Gasteiger partial charge in [0.05, 0.1) is 12.3 Å². The van der Waals surface area contributed by atoms with E-state index in [1.54, 1.807) is 15.6 Å². The first kappa shape index (κ1) is 11.7. The van der Waals surface area contributed by atoms with Crippen LogP contribution in [0.5, 0.6) is 0 Å². The first-order valence-corrected chi connectivity index (χ1v) is 5.69. The van der Waals surface area contributed by atoms with E-state index in [0.717, 1.165) is 12.4 Å². The van der Waals surface area contributed by atoms with Crippen molar-refractivity contribution in [1.29, 1.82) is 0 Å². The summed E-state index contributed by atoms with van der Waals surface area (Å²) in [6.07, 6.45) is 3.34. The molecule has 0 saturated carbocycles. The fraction of sp³-hybridized carbons (Fsp3) is 0.600. The Balaban J connectivity index is 2.11. The third kappa shape index (κ3) is 2.50. The van der Waals surface area contributed by atoms with Gasteiger partial charge in [0.25, 0.3) is 0 Å². The number of hydrogen-bond acceptors (Lipinski definition) is 5. The minimum atomic E-state index is -0.548. The molecule has 1 N–H and O–H groups in total. The molecule has 0 saturated heterocycles. The van der Waals surface area contributed by atoms with Crippen LogP contribution < -0.4 is 0 Å². The summed E-state index contributed by atoms with van der Waals surface area (Å²) < 4.78 is 3.46. The molecular weight excluding hydrogens is 220 g/mol. The van der Waals surface area contributed by atoms with Gasteiger partial charge in [-0.15, -0.1) is 5.10 Å². The largest absolute Gasteiger partial charge is 0.387 e. The quantitative estimate of drug-likeness (QED) is 0.811. The van der Waals surface area contributed by atoms with Gasteiger partial charge in [-0.2, -0.15) is 5.10 Å². The van der Waals surface area contributed by atoms with E-state index in [1.807, 2.05) is 13.8 Å². The summed E-state index contributed by atoms with van der Waals surface area (Å²) in [6, 6.07) is 0. The molecular formula is C10H16N6O. The topological polar surface area (TPSA) is 81.6 Å². The van der Waals surface area contributed by atoms with Crippen LogP contribution in [0.1, 0.15) is 37.9 Å². The highest BCUT2D eigenvalue weighted by Crippen LogP contribution is 2.12. The minimum absolute atomic E-state index is 0.511. The maximum Gasteiger partial charge on any atom is 0.148 e. The summed E-state index contributed by atoms with van der Waals surface area (Å²) in [5.74, 6) is 0.829. The summed E-state index contributed by atoms with van der Waals surface area (Å²) in [4.78, 5) is 4.16. The number of aliphatic hydroxyl groups is 1. The Labute approximate surface area is 99.1 Å². The summed E-state index contributed by atoms with van der Waals surface area (Å²) in [6.45, 7) is 5.19. The number of aromatic nitrogens is 6. The molecule has 7 nitrogen and oxygen atoms in total. The lowest BCUT2D eigenvalue weighted by Crippen LogP contribution is -2.09. The van der Waals surface area contributed by atoms with Crippen molar-refractivity contribution >= 4 is 0 Å². The zero-order chi connectivity index (χ0) is 12.3. The molecule has 0 radical (unpaired) electrons. The molecule has 2 rings (SSSR count). The molecule has 1 atom stereocenters. The number of aliphatic hydroxyl groups excluding tert-OH is 1. The second-order valence-electron chi connectivity index (χ2n) is 3.76. The molecule has 2 aromatic heterocycles. The Morgan fingerprint density at radius 2 is 2.24 bits per heavy atom. The lowest BCUT2D eigenvalue weighted by molar-refractivity contribution is 0.168. The zero-order valence-corrected chi connectivity index (χ0v) is 9.98. The Hall–Kier alpha value is -1.76. The molecule has 0 aromatic carbocycles. The molecule has 0 bridgehead atoms. The average Bonchev–Trinajstić information content (AvgIpc) is 2.97. The smallest absolute Gasteiger partial charge is 0.148 e. The predicted octanol–water partition coefficient (Wildman–Crippen LogP) is 0.381. The van der Waals surface area contributed by atoms with Crippen molar-refractivity contribution in [3.8, 4) is 0 Å². The third-order valence-corrected chi connectivity index (χ3v) is 2.58. The molecule has 0 fully saturated rings. The summed E-state index contributed by atoms with van der Waals surface area (Å²) in [5.41, 5.74) is 0.593. The summed E-state index contributed by atoms with van der Waals surface area (Å²) in [7, 11) is 0. The van der Waals surface area contributed by atoms with Crippen molar-refractivity contribution in [1.82, 2.24) is 29.8 Å². The molecule has 0 amide bonds. The summed E-state index contributed by atoms with van der Waals surface area (Å²) >= 11 is 0. The number of aryl methyl sites for hydroxylation is 1. The lowest BCUT2D eigenvalue weighted by atomic mass is 10.2. The van der Waals surface area contributed by atoms with E-state index >= 15 is 0 Å². The van der Waals surface area contributed by atoms with Crippen molar-refractivity contribution in [3.05, 3.63) is 24.0 Å². The molecule has 92 valence electrons. The molecule has 0 aliphatic heterocycles. The first-order chi connectivity index (χ1) is 8.24. The second-order valence-corrected chi connectivity index (χ2v) is 3.76. The highest BCUT2D eigenvalue weighted by Gasteiger charge is 2.11. The van der Waals surface area contributed by atoms with Gasteiger partial charge in [-0.05, 0) is 13.3 Å². The highest BCUT2D eigenvalue weighted by molar-refractivity contribution is 4.98. The zero-order valence-electron chi connectivity index (χ0n) is 9.98. The van der Waals surface area contributed by atoms with Crippen LogP contribution in [-0.4, -0.2) is 34.9 Å². The van der Waals surface area contributed by atoms with Crippen LogP contribution >= 0.6 is 0 Å². The molecule has 0 aliphatic carbocycles. The Kier molecular flexibility index (Phi) is 3.48. The second kappa shape index (κ2) is 5.05. The van der Waals surface area contributed by atoms with Crippen molar-refractivity contribution in [3.63, 3.8) is 0 Å². The number of nitrogens with zero attached hydrogens (tertiary/aromatic N) is 6. The first-order valence-electron chi connectivity index (χ1n) is 5.69. The van der Waals surface area contributed by atoms with Gasteiger partial charge in [-0.1, -0.05) is 12.1 Å². The highest BCUT2D eigenvalue weighted by atomic mass is 16.3. The number of rotatable bonds is 5. The lowest BCUT2D eigenvalue weighted by Gasteiger charge is -2.02. The maximum atomic E-state index is 9.62. The van der Waals surface area contributed by atoms with Gasteiger partial charge in [0.15, 0.2) is 0 Å². The SMILES string of the molecule is CCC(O)c1cn(Cc2ncnn2CC)nn1. The van der Waals surface area contributed by atoms with Gasteiger partial charge in [-0.25, -0.2) is 14.3 Å². The third-order valence-electron chi connectivity index (χ3n) is 2.58. The van der Waals surface area contributed by atoms with Crippen LogP contribution in [0.4, 0.5) is 0 Å². The van der Waals surface area contributed by atoms with Crippen LogP contribution in [0.3, 0.4) is 0 Å². The normalized spacial score (nSPS) is 12.9. The van der Waals surface area contributed by atoms with E-state index < -0.39 is 6.10 Å². The fourth-order valence-corrected chi connectivity index (χ4v) is 1.57. The summed E-state index contributed by atoms with van der Waals surface area (Å²) in [5, 5.41) is 21.6. The molecule has 0 aliphatic rings. The monoisotopic (exact) mass is 236 g/mol. The van der Waals surface area contributed by atoms with E-state index in [4.69, 9.17) is 0 Å². The molecule has 0 spiro atoms. The van der Waals surface area contributed by atoms with E-state index in [-0.39, 0.29) is 0 Å². The standard InChI is InChI=1S/C10H16N6O/c1-3-9(17)8-5-15(14-13-8)6-10-11-7-12-16(10)4-2/h5,7,9,17H,3-4,6H2,1-2H3. The fourth-order valence-electron chi connectivity index (χ4n) is 1.57.